The number of piperidine rings is 1. The van der Waals surface area contributed by atoms with Crippen molar-refractivity contribution in [3.63, 3.8) is 0 Å². The number of rotatable bonds is 7. The van der Waals surface area contributed by atoms with Gasteiger partial charge in [0.05, 0.1) is 17.8 Å². The summed E-state index contributed by atoms with van der Waals surface area (Å²) in [7, 11) is 0. The van der Waals surface area contributed by atoms with Gasteiger partial charge in [-0.25, -0.2) is 0 Å². The van der Waals surface area contributed by atoms with Gasteiger partial charge in [-0.1, -0.05) is 36.1 Å². The van der Waals surface area contributed by atoms with E-state index in [0.717, 1.165) is 44.9 Å². The molecule has 172 valence electrons. The average Bonchev–Trinajstić information content (AvgIpc) is 3.04. The lowest BCUT2D eigenvalue weighted by molar-refractivity contribution is -0.134. The Bertz CT molecular complexity index is 639. The zero-order chi connectivity index (χ0) is 22.1. The molecule has 0 aromatic rings. The van der Waals surface area contributed by atoms with Gasteiger partial charge in [0.2, 0.25) is 0 Å². The topological polar surface area (TPSA) is 76.0 Å². The highest BCUT2D eigenvalue weighted by molar-refractivity contribution is 5.10. The van der Waals surface area contributed by atoms with E-state index < -0.39 is 17.8 Å². The number of aliphatic hydroxyl groups excluding tert-OH is 1. The molecule has 3 rings (SSSR count). The molecular formula is C25H42NO4-. The number of nitrogens with zero attached hydrogens (tertiary/aromatic N) is 1. The first kappa shape index (κ1) is 23.9. The Morgan fingerprint density at radius 2 is 1.87 bits per heavy atom. The van der Waals surface area contributed by atoms with Crippen molar-refractivity contribution in [2.75, 3.05) is 0 Å². The fraction of sp³-hybridized carbons (Fsp3) is 0.840. The van der Waals surface area contributed by atoms with Crippen LogP contribution in [-0.2, 0) is 4.74 Å². The highest BCUT2D eigenvalue weighted by Gasteiger charge is 2.58. The van der Waals surface area contributed by atoms with Crippen LogP contribution in [-0.4, -0.2) is 51.3 Å². The fourth-order valence-electron chi connectivity index (χ4n) is 5.98. The normalized spacial score (nSPS) is 39.2. The smallest absolute Gasteiger partial charge is 0.113 e. The fourth-order valence-corrected chi connectivity index (χ4v) is 5.98. The predicted molar refractivity (Wildman–Crippen MR) is 121 cm³/mol. The summed E-state index contributed by atoms with van der Waals surface area (Å²) < 4.78 is 6.25. The first-order valence-corrected chi connectivity index (χ1v) is 11.9. The molecule has 2 N–H and O–H groups in total. The molecule has 5 nitrogen and oxygen atoms in total. The van der Waals surface area contributed by atoms with Crippen LogP contribution < -0.4 is 0 Å². The molecule has 0 radical (unpaired) electrons. The van der Waals surface area contributed by atoms with E-state index in [9.17, 15) is 15.4 Å². The van der Waals surface area contributed by atoms with E-state index in [4.69, 9.17) is 4.74 Å². The number of hydrogen-bond acceptors (Lipinski definition) is 5. The lowest BCUT2D eigenvalue weighted by Crippen LogP contribution is -2.59. The third-order valence-electron chi connectivity index (χ3n) is 7.71. The van der Waals surface area contributed by atoms with Gasteiger partial charge in [0.15, 0.2) is 0 Å². The van der Waals surface area contributed by atoms with Gasteiger partial charge in [0, 0.05) is 18.0 Å². The molecule has 0 bridgehead atoms. The minimum atomic E-state index is -1.12. The quantitative estimate of drug-likeness (QED) is 0.583. The van der Waals surface area contributed by atoms with Crippen molar-refractivity contribution in [3.05, 3.63) is 28.5 Å². The summed E-state index contributed by atoms with van der Waals surface area (Å²) in [5.74, 6) is 0.124. The first-order chi connectivity index (χ1) is 14.1. The highest BCUT2D eigenvalue weighted by atomic mass is 16.6. The maximum atomic E-state index is 12.8. The van der Waals surface area contributed by atoms with Crippen molar-refractivity contribution in [2.45, 2.75) is 122 Å². The summed E-state index contributed by atoms with van der Waals surface area (Å²) in [5, 5.41) is 36.5. The third kappa shape index (κ3) is 5.02. The summed E-state index contributed by atoms with van der Waals surface area (Å²) in [6.07, 6.45) is 10.2. The van der Waals surface area contributed by atoms with Crippen LogP contribution in [0.25, 0.3) is 0 Å². The van der Waals surface area contributed by atoms with Gasteiger partial charge in [-0.2, -0.15) is 0 Å². The Morgan fingerprint density at radius 3 is 2.57 bits per heavy atom. The number of hydroxylamine groups is 2. The summed E-state index contributed by atoms with van der Waals surface area (Å²) in [6.45, 7) is 10.1. The number of aliphatic hydroxyl groups is 2. The molecule has 5 heteroatoms. The molecule has 1 aliphatic carbocycles. The SMILES string of the molecule is CC(C)=CCCC(C)=CCCC(C)(O)C1OC2C(C1O)C1CCCCC1N([O-])C2C. The molecule has 0 aromatic carbocycles. The maximum absolute atomic E-state index is 12.8. The molecule has 0 amide bonds. The van der Waals surface area contributed by atoms with E-state index in [-0.39, 0.29) is 30.0 Å². The van der Waals surface area contributed by atoms with Crippen LogP contribution in [0.3, 0.4) is 0 Å². The van der Waals surface area contributed by atoms with Crippen LogP contribution in [0.4, 0.5) is 0 Å². The predicted octanol–water partition coefficient (Wildman–Crippen LogP) is 4.72. The molecule has 0 spiro atoms. The van der Waals surface area contributed by atoms with Crippen LogP contribution >= 0.6 is 0 Å². The standard InChI is InChI=1S/C25H42NO4/c1-16(2)10-8-11-17(3)12-9-15-25(5,28)24-22(27)21-19-13-6-7-14-20(19)26(29)18(4)23(21)30-24/h10,12,18-24,27-28H,6-9,11,13-15H2,1-5H3/q-1. The Kier molecular flexibility index (Phi) is 7.84. The van der Waals surface area contributed by atoms with Crippen molar-refractivity contribution < 1.29 is 14.9 Å². The molecule has 8 atom stereocenters. The van der Waals surface area contributed by atoms with Crippen molar-refractivity contribution in [1.29, 1.82) is 0 Å². The third-order valence-corrected chi connectivity index (χ3v) is 7.71. The molecule has 0 aromatic heterocycles. The minimum Gasteiger partial charge on any atom is -0.785 e. The van der Waals surface area contributed by atoms with Crippen molar-refractivity contribution in [3.8, 4) is 0 Å². The summed E-state index contributed by atoms with van der Waals surface area (Å²) >= 11 is 0. The summed E-state index contributed by atoms with van der Waals surface area (Å²) in [6, 6.07) is -0.287. The molecule has 2 aliphatic heterocycles. The number of allylic oxidation sites excluding steroid dienone is 4. The number of ether oxygens (including phenoxy) is 1. The summed E-state index contributed by atoms with van der Waals surface area (Å²) in [5.41, 5.74) is 1.54. The van der Waals surface area contributed by atoms with Crippen LogP contribution in [0.5, 0.6) is 0 Å². The monoisotopic (exact) mass is 420 g/mol. The molecule has 2 heterocycles. The largest absolute Gasteiger partial charge is 0.785 e. The van der Waals surface area contributed by atoms with Gasteiger partial charge >= 0.3 is 0 Å². The summed E-state index contributed by atoms with van der Waals surface area (Å²) in [4.78, 5) is 0. The molecular weight excluding hydrogens is 378 g/mol. The van der Waals surface area contributed by atoms with Gasteiger partial charge in [-0.15, -0.1) is 0 Å². The average molecular weight is 421 g/mol. The maximum Gasteiger partial charge on any atom is 0.113 e. The van der Waals surface area contributed by atoms with Crippen LogP contribution in [0.2, 0.25) is 0 Å². The minimum absolute atomic E-state index is 0.0108. The van der Waals surface area contributed by atoms with Gasteiger partial charge in [0.25, 0.3) is 0 Å². The number of fused-ring (bicyclic) bond motifs is 3. The molecule has 3 aliphatic rings. The Balaban J connectivity index is 1.63. The Labute approximate surface area is 182 Å². The zero-order valence-corrected chi connectivity index (χ0v) is 19.5. The second kappa shape index (κ2) is 9.83. The number of hydrogen-bond donors (Lipinski definition) is 2. The molecule has 30 heavy (non-hydrogen) atoms. The Hall–Kier alpha value is -0.720. The van der Waals surface area contributed by atoms with Crippen LogP contribution in [0.15, 0.2) is 23.3 Å². The van der Waals surface area contributed by atoms with Gasteiger partial charge in [0.1, 0.15) is 6.10 Å². The Morgan fingerprint density at radius 1 is 1.17 bits per heavy atom. The first-order valence-electron chi connectivity index (χ1n) is 11.9. The van der Waals surface area contributed by atoms with Crippen molar-refractivity contribution in [2.24, 2.45) is 11.8 Å². The van der Waals surface area contributed by atoms with E-state index in [0.29, 0.717) is 6.42 Å². The van der Waals surface area contributed by atoms with Crippen molar-refractivity contribution in [1.82, 2.24) is 5.06 Å². The van der Waals surface area contributed by atoms with Crippen LogP contribution in [0.1, 0.15) is 86.0 Å². The van der Waals surface area contributed by atoms with Gasteiger partial charge in [-0.05, 0) is 79.1 Å². The molecule has 2 saturated heterocycles. The zero-order valence-electron chi connectivity index (χ0n) is 19.5. The van der Waals surface area contributed by atoms with Crippen LogP contribution in [0, 0.1) is 17.0 Å². The van der Waals surface area contributed by atoms with E-state index >= 15 is 0 Å². The highest BCUT2D eigenvalue weighted by Crippen LogP contribution is 2.49. The second-order valence-electron chi connectivity index (χ2n) is 10.5. The molecule has 3 fully saturated rings. The second-order valence-corrected chi connectivity index (χ2v) is 10.5. The van der Waals surface area contributed by atoms with Gasteiger partial charge < -0.3 is 25.2 Å². The van der Waals surface area contributed by atoms with E-state index in [1.54, 1.807) is 6.92 Å². The lowest BCUT2D eigenvalue weighted by atomic mass is 9.67. The van der Waals surface area contributed by atoms with E-state index in [2.05, 4.69) is 32.9 Å². The van der Waals surface area contributed by atoms with E-state index in [1.165, 1.54) is 16.2 Å². The lowest BCUT2D eigenvalue weighted by Gasteiger charge is -2.56. The molecule has 1 saturated carbocycles. The molecule has 8 unspecified atom stereocenters. The van der Waals surface area contributed by atoms with Crippen molar-refractivity contribution >= 4 is 0 Å². The van der Waals surface area contributed by atoms with Gasteiger partial charge in [-0.3, -0.25) is 0 Å². The van der Waals surface area contributed by atoms with E-state index in [1.807, 2.05) is 6.92 Å².